The monoisotopic (exact) mass is 282 g/mol. The Bertz CT molecular complexity index is 231. The fourth-order valence-corrected chi connectivity index (χ4v) is 1.06. The van der Waals surface area contributed by atoms with Gasteiger partial charge in [-0.25, -0.2) is 0 Å². The Morgan fingerprint density at radius 3 is 2.60 bits per heavy atom. The van der Waals surface area contributed by atoms with Crippen LogP contribution in [0.1, 0.15) is 18.6 Å². The molecule has 4 heteroatoms. The Hall–Kier alpha value is 0.386. The Kier molecular flexibility index (Phi) is 12.9. The Balaban J connectivity index is 0. The van der Waals surface area contributed by atoms with Gasteiger partial charge in [0.1, 0.15) is 0 Å². The first-order valence-corrected chi connectivity index (χ1v) is 4.41. The van der Waals surface area contributed by atoms with E-state index in [2.05, 4.69) is 6.07 Å². The molecule has 0 heterocycles. The van der Waals surface area contributed by atoms with Crippen LogP contribution in [0.4, 0.5) is 0 Å². The molecule has 0 saturated heterocycles. The van der Waals surface area contributed by atoms with Crippen LogP contribution in [0.5, 0.6) is 0 Å². The van der Waals surface area contributed by atoms with Gasteiger partial charge in [0.25, 0.3) is 0 Å². The summed E-state index contributed by atoms with van der Waals surface area (Å²) in [4.78, 5) is 0. The van der Waals surface area contributed by atoms with Crippen LogP contribution >= 0.6 is 0 Å². The molecule has 0 aliphatic rings. The van der Waals surface area contributed by atoms with Crippen molar-refractivity contribution in [1.29, 1.82) is 0 Å². The van der Waals surface area contributed by atoms with E-state index < -0.39 is 0 Å². The number of methoxy groups -OCH3 is 1. The standard InChI is InChI=1S/C11H15O2.BrH.Mg/c1-10(13-9-8-12-2)11-6-4-3-5-7-11;;/h3-6,10H,8-9H2,1-2H3;1H;/q-1;;+2/p-1/t10-;;/m1../s1. The average Bonchev–Trinajstić information content (AvgIpc) is 2.19. The minimum absolute atomic E-state index is 0. The number of hydrogen-bond acceptors (Lipinski definition) is 2. The molecule has 0 unspecified atom stereocenters. The van der Waals surface area contributed by atoms with E-state index in [0.29, 0.717) is 13.2 Å². The van der Waals surface area contributed by atoms with E-state index in [1.807, 2.05) is 31.2 Å². The zero-order valence-electron chi connectivity index (χ0n) is 9.20. The molecule has 15 heavy (non-hydrogen) atoms. The first kappa shape index (κ1) is 17.8. The molecule has 0 spiro atoms. The van der Waals surface area contributed by atoms with Crippen LogP contribution in [0.15, 0.2) is 24.3 Å². The number of hydrogen-bond donors (Lipinski definition) is 0. The number of ether oxygens (including phenoxy) is 2. The molecule has 0 amide bonds. The van der Waals surface area contributed by atoms with E-state index in [1.54, 1.807) is 7.11 Å². The maximum absolute atomic E-state index is 5.51. The van der Waals surface area contributed by atoms with E-state index in [0.717, 1.165) is 5.56 Å². The van der Waals surface area contributed by atoms with Crippen LogP contribution in [0.25, 0.3) is 0 Å². The third-order valence-electron chi connectivity index (χ3n) is 1.83. The van der Waals surface area contributed by atoms with Crippen LogP contribution < -0.4 is 17.0 Å². The predicted molar refractivity (Wildman–Crippen MR) is 57.3 cm³/mol. The normalized spacial score (nSPS) is 11.1. The van der Waals surface area contributed by atoms with Crippen molar-refractivity contribution in [1.82, 2.24) is 0 Å². The van der Waals surface area contributed by atoms with E-state index >= 15 is 0 Å². The summed E-state index contributed by atoms with van der Waals surface area (Å²) in [6.45, 7) is 3.28. The van der Waals surface area contributed by atoms with Gasteiger partial charge < -0.3 is 26.5 Å². The summed E-state index contributed by atoms with van der Waals surface area (Å²) in [6.07, 6.45) is 0.0938. The minimum Gasteiger partial charge on any atom is -1.00 e. The van der Waals surface area contributed by atoms with Gasteiger partial charge in [0.15, 0.2) is 0 Å². The molecule has 1 rings (SSSR count). The summed E-state index contributed by atoms with van der Waals surface area (Å²) in [6, 6.07) is 11.0. The molecular formula is C11H15BrMgO2. The molecule has 0 aliphatic heterocycles. The maximum atomic E-state index is 5.51. The first-order valence-electron chi connectivity index (χ1n) is 4.41. The first-order chi connectivity index (χ1) is 6.34. The molecule has 0 saturated carbocycles. The quantitative estimate of drug-likeness (QED) is 0.385. The van der Waals surface area contributed by atoms with Crippen molar-refractivity contribution >= 4 is 23.1 Å². The second-order valence-electron chi connectivity index (χ2n) is 2.82. The van der Waals surface area contributed by atoms with Crippen molar-refractivity contribution in [2.75, 3.05) is 20.3 Å². The van der Waals surface area contributed by atoms with Crippen molar-refractivity contribution in [2.24, 2.45) is 0 Å². The van der Waals surface area contributed by atoms with Crippen LogP contribution in [-0.4, -0.2) is 43.4 Å². The second-order valence-corrected chi connectivity index (χ2v) is 2.82. The van der Waals surface area contributed by atoms with E-state index in [1.165, 1.54) is 0 Å². The Morgan fingerprint density at radius 1 is 1.33 bits per heavy atom. The fraction of sp³-hybridized carbons (Fsp3) is 0.455. The zero-order chi connectivity index (χ0) is 9.52. The van der Waals surface area contributed by atoms with E-state index in [4.69, 9.17) is 9.47 Å². The van der Waals surface area contributed by atoms with Gasteiger partial charge >= 0.3 is 23.1 Å². The Morgan fingerprint density at radius 2 is 2.07 bits per heavy atom. The molecule has 0 fully saturated rings. The summed E-state index contributed by atoms with van der Waals surface area (Å²) < 4.78 is 10.4. The fourth-order valence-electron chi connectivity index (χ4n) is 1.06. The van der Waals surface area contributed by atoms with Crippen molar-refractivity contribution in [3.8, 4) is 0 Å². The van der Waals surface area contributed by atoms with Gasteiger partial charge in [0.2, 0.25) is 0 Å². The van der Waals surface area contributed by atoms with E-state index in [-0.39, 0.29) is 46.1 Å². The summed E-state index contributed by atoms with van der Waals surface area (Å²) >= 11 is 0. The molecule has 0 N–H and O–H groups in total. The molecule has 0 radical (unpaired) electrons. The van der Waals surface area contributed by atoms with Gasteiger partial charge in [-0.05, 0) is 6.92 Å². The maximum Gasteiger partial charge on any atom is 2.00 e. The van der Waals surface area contributed by atoms with Gasteiger partial charge in [-0.15, -0.1) is 5.56 Å². The SMILES string of the molecule is COCCO[C@H](C)c1[c-]cccc1.[Br-].[Mg+2]. The number of rotatable bonds is 5. The number of benzene rings is 1. The number of halogens is 1. The molecule has 0 aliphatic carbocycles. The van der Waals surface area contributed by atoms with Crippen molar-refractivity contribution in [3.05, 3.63) is 35.9 Å². The summed E-state index contributed by atoms with van der Waals surface area (Å²) in [5.74, 6) is 0. The molecule has 2 nitrogen and oxygen atoms in total. The van der Waals surface area contributed by atoms with Gasteiger partial charge in [0, 0.05) is 7.11 Å². The molecular weight excluding hydrogens is 268 g/mol. The molecule has 80 valence electrons. The molecule has 1 aromatic carbocycles. The van der Waals surface area contributed by atoms with E-state index in [9.17, 15) is 0 Å². The largest absolute Gasteiger partial charge is 2.00 e. The van der Waals surface area contributed by atoms with Gasteiger partial charge in [0.05, 0.1) is 19.3 Å². The summed E-state index contributed by atoms with van der Waals surface area (Å²) in [5.41, 5.74) is 1.08. The average molecular weight is 283 g/mol. The second kappa shape index (κ2) is 10.9. The van der Waals surface area contributed by atoms with Crippen molar-refractivity contribution < 1.29 is 26.5 Å². The molecule has 1 aromatic rings. The molecule has 0 bridgehead atoms. The smallest absolute Gasteiger partial charge is 1.00 e. The predicted octanol–water partition coefficient (Wildman–Crippen LogP) is -1.17. The third-order valence-corrected chi connectivity index (χ3v) is 1.83. The Labute approximate surface area is 118 Å². The topological polar surface area (TPSA) is 18.5 Å². The minimum atomic E-state index is 0. The third kappa shape index (κ3) is 7.30. The summed E-state index contributed by atoms with van der Waals surface area (Å²) in [5, 5.41) is 0. The van der Waals surface area contributed by atoms with Crippen LogP contribution in [0.3, 0.4) is 0 Å². The van der Waals surface area contributed by atoms with Crippen LogP contribution in [0.2, 0.25) is 0 Å². The van der Waals surface area contributed by atoms with Crippen molar-refractivity contribution in [2.45, 2.75) is 13.0 Å². The molecule has 0 aromatic heterocycles. The zero-order valence-corrected chi connectivity index (χ0v) is 12.2. The van der Waals surface area contributed by atoms with Gasteiger partial charge in [-0.1, -0.05) is 0 Å². The van der Waals surface area contributed by atoms with Crippen molar-refractivity contribution in [3.63, 3.8) is 0 Å². The van der Waals surface area contributed by atoms with Gasteiger partial charge in [-0.3, -0.25) is 0 Å². The molecule has 1 atom stereocenters. The van der Waals surface area contributed by atoms with Crippen LogP contribution in [0, 0.1) is 6.07 Å². The summed E-state index contributed by atoms with van der Waals surface area (Å²) in [7, 11) is 1.67. The van der Waals surface area contributed by atoms with Gasteiger partial charge in [-0.2, -0.15) is 30.3 Å². The van der Waals surface area contributed by atoms with Crippen LogP contribution in [-0.2, 0) is 9.47 Å².